The quantitative estimate of drug-likeness (QED) is 0.390. The van der Waals surface area contributed by atoms with E-state index in [4.69, 9.17) is 13.9 Å². The highest BCUT2D eigenvalue weighted by Gasteiger charge is 2.46. The van der Waals surface area contributed by atoms with E-state index in [0.29, 0.717) is 6.61 Å². The molecule has 1 aliphatic heterocycles. The highest BCUT2D eigenvalue weighted by Crippen LogP contribution is 2.38. The van der Waals surface area contributed by atoms with Gasteiger partial charge >= 0.3 is 0 Å². The van der Waals surface area contributed by atoms with E-state index in [-0.39, 0.29) is 17.2 Å². The van der Waals surface area contributed by atoms with Gasteiger partial charge in [0.05, 0.1) is 6.61 Å². The molecule has 0 aromatic carbocycles. The molecule has 1 N–H and O–H groups in total. The van der Waals surface area contributed by atoms with Crippen LogP contribution in [0.15, 0.2) is 12.2 Å². The Bertz CT molecular complexity index is 412. The molecule has 3 atom stereocenters. The fourth-order valence-electron chi connectivity index (χ4n) is 2.46. The zero-order valence-electron chi connectivity index (χ0n) is 16.9. The van der Waals surface area contributed by atoms with Crippen molar-refractivity contribution in [3.63, 3.8) is 0 Å². The molecule has 1 aliphatic rings. The van der Waals surface area contributed by atoms with Gasteiger partial charge in [-0.15, -0.1) is 0 Å². The molecular formula is C19H38O4Si. The Labute approximate surface area is 149 Å². The molecule has 0 amide bonds. The molecule has 1 fully saturated rings. The zero-order valence-corrected chi connectivity index (χ0v) is 17.9. The predicted molar refractivity (Wildman–Crippen MR) is 102 cm³/mol. The smallest absolute Gasteiger partial charge is 0.192 e. The SMILES string of the molecule is CCCC/C=C/[C@H](O)[C@@H]1OC(C)(C)OC1CO[Si](C)(C)C(C)(C)C. The van der Waals surface area contributed by atoms with Gasteiger partial charge in [-0.1, -0.05) is 52.7 Å². The number of aliphatic hydroxyl groups is 1. The van der Waals surface area contributed by atoms with Gasteiger partial charge in [0, 0.05) is 0 Å². The van der Waals surface area contributed by atoms with Crippen LogP contribution in [0.5, 0.6) is 0 Å². The molecule has 0 aromatic rings. The summed E-state index contributed by atoms with van der Waals surface area (Å²) in [6.45, 7) is 17.5. The Hall–Kier alpha value is -0.203. The number of unbranched alkanes of at least 4 members (excludes halogenated alkanes) is 2. The maximum absolute atomic E-state index is 10.5. The first-order valence-electron chi connectivity index (χ1n) is 9.24. The van der Waals surface area contributed by atoms with Gasteiger partial charge < -0.3 is 19.0 Å². The van der Waals surface area contributed by atoms with Gasteiger partial charge in [-0.3, -0.25) is 0 Å². The molecule has 5 heteroatoms. The Balaban J connectivity index is 2.70. The normalized spacial score (nSPS) is 26.2. The average Bonchev–Trinajstić information content (AvgIpc) is 2.75. The van der Waals surface area contributed by atoms with Gasteiger partial charge in [0.15, 0.2) is 14.1 Å². The lowest BCUT2D eigenvalue weighted by Gasteiger charge is -2.37. The van der Waals surface area contributed by atoms with Gasteiger partial charge in [-0.25, -0.2) is 0 Å². The monoisotopic (exact) mass is 358 g/mol. The minimum Gasteiger partial charge on any atom is -0.414 e. The van der Waals surface area contributed by atoms with E-state index in [0.717, 1.165) is 19.3 Å². The molecule has 0 saturated carbocycles. The molecule has 0 spiro atoms. The summed E-state index contributed by atoms with van der Waals surface area (Å²) in [6.07, 6.45) is 5.84. The maximum atomic E-state index is 10.5. The highest BCUT2D eigenvalue weighted by molar-refractivity contribution is 6.74. The Morgan fingerprint density at radius 1 is 1.25 bits per heavy atom. The van der Waals surface area contributed by atoms with Crippen LogP contribution in [-0.4, -0.2) is 44.1 Å². The largest absolute Gasteiger partial charge is 0.414 e. The number of hydrogen-bond acceptors (Lipinski definition) is 4. The average molecular weight is 359 g/mol. The summed E-state index contributed by atoms with van der Waals surface area (Å²) in [5.41, 5.74) is 0. The number of ether oxygens (including phenoxy) is 2. The summed E-state index contributed by atoms with van der Waals surface area (Å²) in [6, 6.07) is 0. The van der Waals surface area contributed by atoms with Crippen LogP contribution < -0.4 is 0 Å². The topological polar surface area (TPSA) is 47.9 Å². The Morgan fingerprint density at radius 3 is 2.42 bits per heavy atom. The van der Waals surface area contributed by atoms with Crippen LogP contribution >= 0.6 is 0 Å². The van der Waals surface area contributed by atoms with Crippen molar-refractivity contribution in [3.8, 4) is 0 Å². The van der Waals surface area contributed by atoms with Crippen molar-refractivity contribution in [2.75, 3.05) is 6.61 Å². The van der Waals surface area contributed by atoms with Gasteiger partial charge in [0.1, 0.15) is 18.3 Å². The van der Waals surface area contributed by atoms with Gasteiger partial charge in [0.25, 0.3) is 0 Å². The Kier molecular flexibility index (Phi) is 7.69. The third kappa shape index (κ3) is 6.26. The molecule has 1 unspecified atom stereocenters. The summed E-state index contributed by atoms with van der Waals surface area (Å²) in [7, 11) is -1.85. The molecular weight excluding hydrogens is 320 g/mol. The zero-order chi connectivity index (χ0) is 18.6. The van der Waals surface area contributed by atoms with E-state index in [9.17, 15) is 5.11 Å². The van der Waals surface area contributed by atoms with E-state index in [1.807, 2.05) is 26.0 Å². The van der Waals surface area contributed by atoms with Crippen LogP contribution in [0.2, 0.25) is 18.1 Å². The first kappa shape index (κ1) is 21.8. The summed E-state index contributed by atoms with van der Waals surface area (Å²) in [5, 5.41) is 10.7. The second-order valence-corrected chi connectivity index (χ2v) is 13.6. The second kappa shape index (κ2) is 8.45. The summed E-state index contributed by atoms with van der Waals surface area (Å²) >= 11 is 0. The predicted octanol–water partition coefficient (Wildman–Crippen LogP) is 4.64. The first-order chi connectivity index (χ1) is 10.9. The number of allylic oxidation sites excluding steroid dienone is 1. The van der Waals surface area contributed by atoms with Crippen molar-refractivity contribution in [2.24, 2.45) is 0 Å². The van der Waals surface area contributed by atoms with Crippen LogP contribution in [-0.2, 0) is 13.9 Å². The third-order valence-electron chi connectivity index (χ3n) is 5.03. The van der Waals surface area contributed by atoms with E-state index in [2.05, 4.69) is 40.8 Å². The third-order valence-corrected chi connectivity index (χ3v) is 9.53. The fourth-order valence-corrected chi connectivity index (χ4v) is 3.47. The van der Waals surface area contributed by atoms with Crippen LogP contribution in [0.25, 0.3) is 0 Å². The summed E-state index contributed by atoms with van der Waals surface area (Å²) < 4.78 is 18.2. The lowest BCUT2D eigenvalue weighted by atomic mass is 10.1. The van der Waals surface area contributed by atoms with Gasteiger partial charge in [-0.2, -0.15) is 0 Å². The molecule has 0 radical (unpaired) electrons. The minimum absolute atomic E-state index is 0.149. The van der Waals surface area contributed by atoms with E-state index in [1.54, 1.807) is 0 Å². The molecule has 0 bridgehead atoms. The van der Waals surface area contributed by atoms with E-state index in [1.165, 1.54) is 0 Å². The van der Waals surface area contributed by atoms with Crippen molar-refractivity contribution >= 4 is 8.32 Å². The molecule has 0 aliphatic carbocycles. The number of rotatable bonds is 8. The highest BCUT2D eigenvalue weighted by atomic mass is 28.4. The lowest BCUT2D eigenvalue weighted by Crippen LogP contribution is -2.45. The fraction of sp³-hybridized carbons (Fsp3) is 0.895. The van der Waals surface area contributed by atoms with Crippen molar-refractivity contribution < 1.29 is 19.0 Å². The second-order valence-electron chi connectivity index (χ2n) is 8.77. The Morgan fingerprint density at radius 2 is 1.88 bits per heavy atom. The molecule has 1 heterocycles. The van der Waals surface area contributed by atoms with Crippen LogP contribution in [0.1, 0.15) is 60.8 Å². The standard InChI is InChI=1S/C19H38O4Si/c1-9-10-11-12-13-15(20)17-16(22-19(5,6)23-17)14-21-24(7,8)18(2,3)4/h12-13,15-17,20H,9-11,14H2,1-8H3/b13-12+/t15-,16?,17-/m0/s1. The summed E-state index contributed by atoms with van der Waals surface area (Å²) in [5.74, 6) is -0.690. The molecule has 4 nitrogen and oxygen atoms in total. The maximum Gasteiger partial charge on any atom is 0.192 e. The van der Waals surface area contributed by atoms with Crippen molar-refractivity contribution in [1.29, 1.82) is 0 Å². The molecule has 1 saturated heterocycles. The van der Waals surface area contributed by atoms with E-state index >= 15 is 0 Å². The molecule has 0 aromatic heterocycles. The first-order valence-corrected chi connectivity index (χ1v) is 12.1. The van der Waals surface area contributed by atoms with Crippen molar-refractivity contribution in [3.05, 3.63) is 12.2 Å². The summed E-state index contributed by atoms with van der Waals surface area (Å²) in [4.78, 5) is 0. The van der Waals surface area contributed by atoms with Gasteiger partial charge in [-0.05, 0) is 38.4 Å². The molecule has 1 rings (SSSR count). The van der Waals surface area contributed by atoms with Crippen LogP contribution in [0.3, 0.4) is 0 Å². The minimum atomic E-state index is -1.85. The van der Waals surface area contributed by atoms with Crippen LogP contribution in [0.4, 0.5) is 0 Å². The number of hydrogen-bond donors (Lipinski definition) is 1. The number of aliphatic hydroxyl groups excluding tert-OH is 1. The van der Waals surface area contributed by atoms with Gasteiger partial charge in [0.2, 0.25) is 0 Å². The van der Waals surface area contributed by atoms with Crippen LogP contribution in [0, 0.1) is 0 Å². The van der Waals surface area contributed by atoms with E-state index < -0.39 is 20.2 Å². The van der Waals surface area contributed by atoms with Crippen molar-refractivity contribution in [1.82, 2.24) is 0 Å². The molecule has 24 heavy (non-hydrogen) atoms. The van der Waals surface area contributed by atoms with Crippen molar-refractivity contribution in [2.45, 2.75) is 103 Å². The molecule has 142 valence electrons. The lowest BCUT2D eigenvalue weighted by molar-refractivity contribution is -0.154.